The van der Waals surface area contributed by atoms with Crippen LogP contribution < -0.4 is 14.9 Å². The van der Waals surface area contributed by atoms with Crippen molar-refractivity contribution in [3.63, 3.8) is 0 Å². The van der Waals surface area contributed by atoms with Crippen LogP contribution in [0.4, 0.5) is 0 Å². The lowest BCUT2D eigenvalue weighted by Gasteiger charge is -2.23. The molecule has 328 valence electrons. The summed E-state index contributed by atoms with van der Waals surface area (Å²) in [4.78, 5) is 0. The maximum absolute atomic E-state index is 9.65. The molecule has 4 aromatic carbocycles. The number of aromatic hydroxyl groups is 2. The van der Waals surface area contributed by atoms with Crippen molar-refractivity contribution in [2.75, 3.05) is 26.4 Å². The van der Waals surface area contributed by atoms with Crippen LogP contribution in [0.25, 0.3) is 33.2 Å². The lowest BCUT2D eigenvalue weighted by molar-refractivity contribution is -0.0378. The van der Waals surface area contributed by atoms with Crippen molar-refractivity contribution in [3.05, 3.63) is 77.3 Å². The highest BCUT2D eigenvalue weighted by Crippen LogP contribution is 2.37. The van der Waals surface area contributed by atoms with Crippen molar-refractivity contribution < 1.29 is 39.2 Å². The number of nitrogens with zero attached hydrogens (tertiary/aromatic N) is 6. The van der Waals surface area contributed by atoms with Gasteiger partial charge in [-0.1, -0.05) is 76.3 Å². The Hall–Kier alpha value is -4.74. The molecule has 14 nitrogen and oxygen atoms in total. The van der Waals surface area contributed by atoms with E-state index in [1.54, 1.807) is 12.1 Å². The molecule has 4 heterocycles. The summed E-state index contributed by atoms with van der Waals surface area (Å²) in [5, 5.41) is 53.2. The Morgan fingerprint density at radius 1 is 0.581 bits per heavy atom. The minimum absolute atomic E-state index is 0.00858. The maximum Gasteiger partial charge on any atom is 0.488 e. The summed E-state index contributed by atoms with van der Waals surface area (Å²) in [7, 11) is -1.46. The van der Waals surface area contributed by atoms with Gasteiger partial charge in [0.2, 0.25) is 0 Å². The van der Waals surface area contributed by atoms with Crippen LogP contribution in [0.1, 0.15) is 102 Å². The van der Waals surface area contributed by atoms with E-state index < -0.39 is 7.12 Å². The van der Waals surface area contributed by atoms with Gasteiger partial charge in [-0.2, -0.15) is 0 Å². The van der Waals surface area contributed by atoms with Crippen LogP contribution in [0.2, 0.25) is 0 Å². The van der Waals surface area contributed by atoms with Crippen LogP contribution in [0.3, 0.4) is 0 Å². The first kappa shape index (κ1) is 43.9. The zero-order chi connectivity index (χ0) is 42.8. The Labute approximate surface area is 370 Å². The van der Waals surface area contributed by atoms with Crippen LogP contribution in [0.5, 0.6) is 23.0 Å². The number of halogens is 1. The SMILES string of the molecule is Brc1cc(OCC2CCCC2)c2nnn(C3CCCCO3)c2c1.OB(O)c1ccc(O)cc1.Oc1ccc(-c2cc(OCC3CCCC3)c3nnn(C4CCCCO4)c3c2)cc1. The molecule has 0 amide bonds. The minimum Gasteiger partial charge on any atom is -0.508 e. The molecule has 0 spiro atoms. The van der Waals surface area contributed by atoms with Gasteiger partial charge in [0.05, 0.1) is 24.2 Å². The number of ether oxygens (including phenoxy) is 4. The van der Waals surface area contributed by atoms with Gasteiger partial charge in [0.15, 0.2) is 23.5 Å². The first-order valence-corrected chi connectivity index (χ1v) is 22.9. The molecule has 6 aromatic rings. The van der Waals surface area contributed by atoms with Gasteiger partial charge in [0, 0.05) is 17.7 Å². The zero-order valence-corrected chi connectivity index (χ0v) is 36.6. The molecule has 10 rings (SSSR count). The predicted octanol–water partition coefficient (Wildman–Crippen LogP) is 8.61. The second kappa shape index (κ2) is 21.1. The molecule has 2 aromatic heterocycles. The number of rotatable bonds is 10. The van der Waals surface area contributed by atoms with Crippen LogP contribution in [0, 0.1) is 11.8 Å². The quantitative estimate of drug-likeness (QED) is 0.0964. The Morgan fingerprint density at radius 2 is 1.05 bits per heavy atom. The van der Waals surface area contributed by atoms with E-state index in [9.17, 15) is 5.11 Å². The Kier molecular flexibility index (Phi) is 14.9. The highest BCUT2D eigenvalue weighted by Gasteiger charge is 2.25. The molecule has 62 heavy (non-hydrogen) atoms. The Bertz CT molecular complexity index is 2340. The molecule has 2 aliphatic heterocycles. The third kappa shape index (κ3) is 11.1. The van der Waals surface area contributed by atoms with E-state index in [1.165, 1.54) is 82.1 Å². The molecular weight excluding hydrogens is 855 g/mol. The number of hydrogen-bond acceptors (Lipinski definition) is 12. The third-order valence-electron chi connectivity index (χ3n) is 12.2. The summed E-state index contributed by atoms with van der Waals surface area (Å²) in [5.41, 5.74) is 5.96. The fraction of sp³-hybridized carbons (Fsp3) is 0.478. The van der Waals surface area contributed by atoms with E-state index in [4.69, 9.17) is 34.1 Å². The highest BCUT2D eigenvalue weighted by atomic mass is 79.9. The lowest BCUT2D eigenvalue weighted by atomic mass is 9.80. The van der Waals surface area contributed by atoms with E-state index in [1.807, 2.05) is 33.6 Å². The van der Waals surface area contributed by atoms with Crippen LogP contribution >= 0.6 is 15.9 Å². The Morgan fingerprint density at radius 3 is 1.53 bits per heavy atom. The Balaban J connectivity index is 0.000000143. The van der Waals surface area contributed by atoms with Crippen LogP contribution in [-0.2, 0) is 9.47 Å². The summed E-state index contributed by atoms with van der Waals surface area (Å²) in [6, 6.07) is 21.1. The minimum atomic E-state index is -1.46. The van der Waals surface area contributed by atoms with Gasteiger partial charge < -0.3 is 39.2 Å². The molecular formula is C46H56BBrN6O8. The van der Waals surface area contributed by atoms with Gasteiger partial charge in [-0.15, -0.1) is 10.2 Å². The molecule has 2 atom stereocenters. The normalized spacial score (nSPS) is 19.5. The number of aromatic nitrogens is 6. The van der Waals surface area contributed by atoms with Crippen molar-refractivity contribution >= 4 is 50.6 Å². The standard InChI is InChI=1S/C23H27N3O3.C17H22BrN3O2.C6H7BO3/c27-19-10-8-17(9-11-19)18-13-20-23(21(14-18)29-15-16-5-1-2-6-16)24-25-26(20)22-7-3-4-12-28-22;18-13-9-14-17(15(10-13)23-11-12-5-1-2-6-12)19-20-21(14)16-7-3-4-8-22-16;8-6-3-1-5(2-4-6)7(9)10/h8-11,13-14,16,22,27H,1-7,12,15H2;9-10,12,16H,1-8,11H2;1-4,8-10H. The number of phenols is 2. The fourth-order valence-corrected chi connectivity index (χ4v) is 9.13. The molecule has 4 N–H and O–H groups in total. The van der Waals surface area contributed by atoms with E-state index in [0.717, 1.165) is 108 Å². The number of fused-ring (bicyclic) bond motifs is 2. The maximum atomic E-state index is 9.65. The first-order valence-electron chi connectivity index (χ1n) is 22.2. The number of phenolic OH excluding ortho intramolecular Hbond substituents is 2. The smallest absolute Gasteiger partial charge is 0.488 e. The second-order valence-electron chi connectivity index (χ2n) is 16.8. The van der Waals surface area contributed by atoms with Gasteiger partial charge in [-0.25, -0.2) is 9.36 Å². The van der Waals surface area contributed by atoms with E-state index in [0.29, 0.717) is 17.3 Å². The fourth-order valence-electron chi connectivity index (χ4n) is 8.70. The summed E-state index contributed by atoms with van der Waals surface area (Å²) < 4.78 is 29.0. The van der Waals surface area contributed by atoms with E-state index in [-0.39, 0.29) is 24.0 Å². The zero-order valence-electron chi connectivity index (χ0n) is 35.0. The topological polar surface area (TPSA) is 179 Å². The van der Waals surface area contributed by atoms with Crippen molar-refractivity contribution in [3.8, 4) is 34.1 Å². The molecule has 0 radical (unpaired) electrons. The number of hydrogen-bond donors (Lipinski definition) is 4. The van der Waals surface area contributed by atoms with Gasteiger partial charge in [0.25, 0.3) is 0 Å². The molecule has 0 bridgehead atoms. The molecule has 2 saturated carbocycles. The van der Waals surface area contributed by atoms with Gasteiger partial charge >= 0.3 is 7.12 Å². The largest absolute Gasteiger partial charge is 0.508 e. The lowest BCUT2D eigenvalue weighted by Crippen LogP contribution is -2.29. The van der Waals surface area contributed by atoms with Gasteiger partial charge in [0.1, 0.15) is 23.0 Å². The molecule has 4 fully saturated rings. The summed E-state index contributed by atoms with van der Waals surface area (Å²) in [5.74, 6) is 3.28. The van der Waals surface area contributed by atoms with Crippen molar-refractivity contribution in [1.82, 2.24) is 30.0 Å². The van der Waals surface area contributed by atoms with Crippen molar-refractivity contribution in [1.29, 1.82) is 0 Å². The molecule has 4 aliphatic rings. The van der Waals surface area contributed by atoms with Gasteiger partial charge in [-0.3, -0.25) is 0 Å². The second-order valence-corrected chi connectivity index (χ2v) is 17.7. The van der Waals surface area contributed by atoms with Crippen LogP contribution in [0.15, 0.2) is 77.3 Å². The predicted molar refractivity (Wildman–Crippen MR) is 240 cm³/mol. The highest BCUT2D eigenvalue weighted by molar-refractivity contribution is 9.10. The summed E-state index contributed by atoms with van der Waals surface area (Å²) in [6.07, 6.45) is 16.7. The number of benzene rings is 4. The van der Waals surface area contributed by atoms with Crippen molar-refractivity contribution in [2.45, 2.75) is 102 Å². The molecule has 2 unspecified atom stereocenters. The average molecular weight is 912 g/mol. The summed E-state index contributed by atoms with van der Waals surface area (Å²) >= 11 is 3.59. The van der Waals surface area contributed by atoms with E-state index >= 15 is 0 Å². The molecule has 16 heteroatoms. The van der Waals surface area contributed by atoms with Crippen molar-refractivity contribution in [2.24, 2.45) is 11.8 Å². The molecule has 2 saturated heterocycles. The van der Waals surface area contributed by atoms with Crippen LogP contribution in [-0.4, -0.2) is 83.8 Å². The molecule has 2 aliphatic carbocycles. The first-order chi connectivity index (χ1) is 30.3. The average Bonchev–Trinajstić information content (AvgIpc) is 4.15. The van der Waals surface area contributed by atoms with E-state index in [2.05, 4.69) is 48.7 Å². The summed E-state index contributed by atoms with van der Waals surface area (Å²) in [6.45, 7) is 3.05. The third-order valence-corrected chi connectivity index (χ3v) is 12.7. The van der Waals surface area contributed by atoms with Gasteiger partial charge in [-0.05, 0) is 141 Å². The monoisotopic (exact) mass is 910 g/mol.